The summed E-state index contributed by atoms with van der Waals surface area (Å²) in [5, 5.41) is 6.26. The molecule has 4 heteroatoms. The maximum atomic E-state index is 13.3. The third-order valence-electron chi connectivity index (χ3n) is 3.77. The van der Waals surface area contributed by atoms with E-state index in [1.54, 1.807) is 13.0 Å². The van der Waals surface area contributed by atoms with Crippen LogP contribution in [0.2, 0.25) is 0 Å². The molecule has 3 nitrogen and oxygen atoms in total. The molecule has 1 amide bonds. The van der Waals surface area contributed by atoms with E-state index < -0.39 is 0 Å². The number of hydrogen-bond acceptors (Lipinski definition) is 2. The number of benzene rings is 1. The van der Waals surface area contributed by atoms with Gasteiger partial charge in [-0.1, -0.05) is 0 Å². The van der Waals surface area contributed by atoms with Gasteiger partial charge in [0, 0.05) is 17.6 Å². The Kier molecular flexibility index (Phi) is 4.53. The van der Waals surface area contributed by atoms with E-state index in [1.807, 2.05) is 7.05 Å². The Bertz CT molecular complexity index is 433. The molecule has 0 bridgehead atoms. The molecule has 0 spiro atoms. The van der Waals surface area contributed by atoms with Gasteiger partial charge >= 0.3 is 0 Å². The van der Waals surface area contributed by atoms with Gasteiger partial charge in [-0.15, -0.1) is 0 Å². The maximum absolute atomic E-state index is 13.3. The van der Waals surface area contributed by atoms with Crippen molar-refractivity contribution < 1.29 is 9.18 Å². The Hall–Kier alpha value is -1.42. The Morgan fingerprint density at radius 3 is 2.37 bits per heavy atom. The zero-order valence-electron chi connectivity index (χ0n) is 11.5. The minimum atomic E-state index is -0.357. The van der Waals surface area contributed by atoms with E-state index in [9.17, 15) is 9.18 Å². The predicted molar refractivity (Wildman–Crippen MR) is 73.7 cm³/mol. The second-order valence-corrected chi connectivity index (χ2v) is 5.33. The van der Waals surface area contributed by atoms with Gasteiger partial charge in [-0.25, -0.2) is 4.39 Å². The first-order chi connectivity index (χ1) is 9.08. The fourth-order valence-corrected chi connectivity index (χ4v) is 2.66. The van der Waals surface area contributed by atoms with Crippen LogP contribution in [0, 0.1) is 12.7 Å². The summed E-state index contributed by atoms with van der Waals surface area (Å²) in [4.78, 5) is 12.1. The third kappa shape index (κ3) is 3.77. The van der Waals surface area contributed by atoms with Gasteiger partial charge in [-0.05, 0) is 63.4 Å². The van der Waals surface area contributed by atoms with Crippen LogP contribution in [-0.4, -0.2) is 25.0 Å². The average molecular weight is 264 g/mol. The number of halogens is 1. The van der Waals surface area contributed by atoms with E-state index in [2.05, 4.69) is 10.6 Å². The molecule has 19 heavy (non-hydrogen) atoms. The van der Waals surface area contributed by atoms with Crippen molar-refractivity contribution in [3.05, 3.63) is 35.1 Å². The average Bonchev–Trinajstić information content (AvgIpc) is 2.38. The first-order valence-electron chi connectivity index (χ1n) is 6.84. The summed E-state index contributed by atoms with van der Waals surface area (Å²) in [5.74, 6) is -0.528. The lowest BCUT2D eigenvalue weighted by Crippen LogP contribution is -2.41. The molecule has 1 aliphatic rings. The highest BCUT2D eigenvalue weighted by Gasteiger charge is 2.21. The van der Waals surface area contributed by atoms with Crippen molar-refractivity contribution >= 4 is 5.91 Å². The van der Waals surface area contributed by atoms with E-state index in [1.165, 1.54) is 12.1 Å². The van der Waals surface area contributed by atoms with Gasteiger partial charge in [-0.2, -0.15) is 0 Å². The van der Waals surface area contributed by atoms with Crippen LogP contribution in [-0.2, 0) is 0 Å². The molecular weight excluding hydrogens is 243 g/mol. The Morgan fingerprint density at radius 1 is 1.16 bits per heavy atom. The lowest BCUT2D eigenvalue weighted by Gasteiger charge is -2.28. The lowest BCUT2D eigenvalue weighted by molar-refractivity contribution is 0.0924. The fourth-order valence-electron chi connectivity index (χ4n) is 2.66. The molecule has 1 saturated carbocycles. The Labute approximate surface area is 113 Å². The highest BCUT2D eigenvalue weighted by atomic mass is 19.1. The van der Waals surface area contributed by atoms with Crippen LogP contribution >= 0.6 is 0 Å². The molecule has 0 heterocycles. The lowest BCUT2D eigenvalue weighted by atomic mass is 9.91. The van der Waals surface area contributed by atoms with E-state index in [0.717, 1.165) is 31.2 Å². The van der Waals surface area contributed by atoms with Crippen LogP contribution in [0.1, 0.15) is 41.6 Å². The SMILES string of the molecule is CNC1CCC(NC(=O)c2cc(C)cc(F)c2)CC1. The summed E-state index contributed by atoms with van der Waals surface area (Å²) >= 11 is 0. The topological polar surface area (TPSA) is 41.1 Å². The van der Waals surface area contributed by atoms with Crippen LogP contribution < -0.4 is 10.6 Å². The van der Waals surface area contributed by atoms with Crippen molar-refractivity contribution in [1.82, 2.24) is 10.6 Å². The van der Waals surface area contributed by atoms with Gasteiger partial charge in [0.15, 0.2) is 0 Å². The van der Waals surface area contributed by atoms with Gasteiger partial charge in [0.05, 0.1) is 0 Å². The summed E-state index contributed by atoms with van der Waals surface area (Å²) in [7, 11) is 1.97. The number of aryl methyl sites for hydroxylation is 1. The molecule has 0 saturated heterocycles. The molecule has 1 aliphatic carbocycles. The standard InChI is InChI=1S/C15H21FN2O/c1-10-7-11(9-12(16)8-10)15(19)18-14-5-3-13(17-2)4-6-14/h7-9,13-14,17H,3-6H2,1-2H3,(H,18,19). The molecule has 104 valence electrons. The van der Waals surface area contributed by atoms with Crippen LogP contribution in [0.15, 0.2) is 18.2 Å². The third-order valence-corrected chi connectivity index (χ3v) is 3.77. The molecular formula is C15H21FN2O. The molecule has 1 aromatic rings. The summed E-state index contributed by atoms with van der Waals surface area (Å²) < 4.78 is 13.3. The maximum Gasteiger partial charge on any atom is 0.251 e. The molecule has 2 N–H and O–H groups in total. The van der Waals surface area contributed by atoms with Crippen LogP contribution in [0.25, 0.3) is 0 Å². The molecule has 2 rings (SSSR count). The normalized spacial score (nSPS) is 23.1. The smallest absolute Gasteiger partial charge is 0.251 e. The summed E-state index contributed by atoms with van der Waals surface area (Å²) in [5.41, 5.74) is 1.18. The Morgan fingerprint density at radius 2 is 1.79 bits per heavy atom. The highest BCUT2D eigenvalue weighted by molar-refractivity contribution is 5.94. The zero-order chi connectivity index (χ0) is 13.8. The molecule has 0 atom stereocenters. The number of carbonyl (C=O) groups is 1. The zero-order valence-corrected chi connectivity index (χ0v) is 11.5. The number of nitrogens with one attached hydrogen (secondary N) is 2. The van der Waals surface area contributed by atoms with Crippen LogP contribution in [0.3, 0.4) is 0 Å². The molecule has 0 unspecified atom stereocenters. The number of hydrogen-bond donors (Lipinski definition) is 2. The van der Waals surface area contributed by atoms with Gasteiger partial charge < -0.3 is 10.6 Å². The van der Waals surface area contributed by atoms with Crippen molar-refractivity contribution in [3.63, 3.8) is 0 Å². The second kappa shape index (κ2) is 6.15. The fraction of sp³-hybridized carbons (Fsp3) is 0.533. The summed E-state index contributed by atoms with van der Waals surface area (Å²) in [6.07, 6.45) is 4.10. The molecule has 0 aliphatic heterocycles. The van der Waals surface area contributed by atoms with Crippen molar-refractivity contribution in [2.45, 2.75) is 44.7 Å². The second-order valence-electron chi connectivity index (χ2n) is 5.33. The molecule has 1 fully saturated rings. The van der Waals surface area contributed by atoms with Gasteiger partial charge in [0.2, 0.25) is 0 Å². The number of carbonyl (C=O) groups excluding carboxylic acids is 1. The van der Waals surface area contributed by atoms with Crippen molar-refractivity contribution in [3.8, 4) is 0 Å². The first-order valence-corrected chi connectivity index (χ1v) is 6.84. The van der Waals surface area contributed by atoms with Crippen LogP contribution in [0.5, 0.6) is 0 Å². The van der Waals surface area contributed by atoms with Crippen LogP contribution in [0.4, 0.5) is 4.39 Å². The van der Waals surface area contributed by atoms with Gasteiger partial charge in [-0.3, -0.25) is 4.79 Å². The van der Waals surface area contributed by atoms with E-state index in [0.29, 0.717) is 11.6 Å². The monoisotopic (exact) mass is 264 g/mol. The number of amides is 1. The molecule has 0 radical (unpaired) electrons. The summed E-state index contributed by atoms with van der Waals surface area (Å²) in [6.45, 7) is 1.79. The minimum Gasteiger partial charge on any atom is -0.349 e. The van der Waals surface area contributed by atoms with Crippen molar-refractivity contribution in [2.75, 3.05) is 7.05 Å². The Balaban J connectivity index is 1.94. The van der Waals surface area contributed by atoms with Crippen molar-refractivity contribution in [1.29, 1.82) is 0 Å². The van der Waals surface area contributed by atoms with Crippen molar-refractivity contribution in [2.24, 2.45) is 0 Å². The minimum absolute atomic E-state index is 0.171. The van der Waals surface area contributed by atoms with Gasteiger partial charge in [0.1, 0.15) is 5.82 Å². The quantitative estimate of drug-likeness (QED) is 0.880. The number of rotatable bonds is 3. The van der Waals surface area contributed by atoms with E-state index in [4.69, 9.17) is 0 Å². The summed E-state index contributed by atoms with van der Waals surface area (Å²) in [6, 6.07) is 5.21. The molecule has 1 aromatic carbocycles. The van der Waals surface area contributed by atoms with Gasteiger partial charge in [0.25, 0.3) is 5.91 Å². The molecule has 0 aromatic heterocycles. The van der Waals surface area contributed by atoms with E-state index >= 15 is 0 Å². The highest BCUT2D eigenvalue weighted by Crippen LogP contribution is 2.19. The predicted octanol–water partition coefficient (Wildman–Crippen LogP) is 2.39. The largest absolute Gasteiger partial charge is 0.349 e. The first kappa shape index (κ1) is 14.0. The van der Waals surface area contributed by atoms with E-state index in [-0.39, 0.29) is 17.8 Å².